The predicted octanol–water partition coefficient (Wildman–Crippen LogP) is 9.08. The molecular formula is C65H69I2N2O2P. The van der Waals surface area contributed by atoms with Gasteiger partial charge in [0.2, 0.25) is 11.4 Å². The van der Waals surface area contributed by atoms with Crippen molar-refractivity contribution in [1.82, 2.24) is 4.57 Å². The van der Waals surface area contributed by atoms with Crippen LogP contribution in [-0.4, -0.2) is 34.6 Å². The second kappa shape index (κ2) is 24.8. The molecule has 72 heavy (non-hydrogen) atoms. The maximum Gasteiger partial charge on any atom is 0.214 e. The molecule has 0 bridgehead atoms. The van der Waals surface area contributed by atoms with Crippen LogP contribution < -0.4 is 78.7 Å². The molecule has 0 saturated carbocycles. The van der Waals surface area contributed by atoms with Crippen molar-refractivity contribution < 1.29 is 62.0 Å². The van der Waals surface area contributed by atoms with Crippen molar-refractivity contribution in [2.75, 3.05) is 19.8 Å². The van der Waals surface area contributed by atoms with E-state index < -0.39 is 7.26 Å². The van der Waals surface area contributed by atoms with E-state index in [0.717, 1.165) is 102 Å². The number of aromatic nitrogens is 1. The number of rotatable bonds is 21. The molecule has 0 atom stereocenters. The first-order valence-corrected chi connectivity index (χ1v) is 28.1. The molecule has 0 spiro atoms. The summed E-state index contributed by atoms with van der Waals surface area (Å²) in [5.74, 6) is 1.97. The number of nitrogens with zero attached hydrogens (tertiary/aromatic N) is 2. The van der Waals surface area contributed by atoms with Gasteiger partial charge in [0, 0.05) is 57.5 Å². The topological polar surface area (TPSA) is 26.4 Å². The first kappa shape index (κ1) is 53.3. The van der Waals surface area contributed by atoms with Crippen molar-refractivity contribution in [2.24, 2.45) is 0 Å². The van der Waals surface area contributed by atoms with Crippen molar-refractivity contribution in [2.45, 2.75) is 98.4 Å². The zero-order chi connectivity index (χ0) is 47.9. The summed E-state index contributed by atoms with van der Waals surface area (Å²) in [6.07, 6.45) is 20.7. The molecule has 1 aliphatic carbocycles. The van der Waals surface area contributed by atoms with Gasteiger partial charge in [0.1, 0.15) is 46.5 Å². The van der Waals surface area contributed by atoms with Crippen LogP contribution in [0.15, 0.2) is 186 Å². The number of unbranched alkanes of at least 4 members (excludes halogenated alkanes) is 4. The number of hydrogen-bond donors (Lipinski definition) is 0. The Bertz CT molecular complexity index is 3220. The lowest BCUT2D eigenvalue weighted by Crippen LogP contribution is -3.00. The first-order valence-electron chi connectivity index (χ1n) is 26.3. The molecule has 370 valence electrons. The van der Waals surface area contributed by atoms with Crippen LogP contribution in [0.25, 0.3) is 38.5 Å². The molecular weight excluding hydrogens is 1130 g/mol. The quantitative estimate of drug-likeness (QED) is 0.0311. The molecule has 7 heteroatoms. The van der Waals surface area contributed by atoms with E-state index in [2.05, 4.69) is 213 Å². The van der Waals surface area contributed by atoms with Gasteiger partial charge >= 0.3 is 0 Å². The summed E-state index contributed by atoms with van der Waals surface area (Å²) in [6.45, 7) is 12.4. The normalized spacial score (nSPS) is 14.4. The number of hydrogen-bond acceptors (Lipinski definition) is 2. The summed E-state index contributed by atoms with van der Waals surface area (Å²) in [7, 11) is -2.49. The summed E-state index contributed by atoms with van der Waals surface area (Å²) in [6, 6.07) is 57.0. The van der Waals surface area contributed by atoms with E-state index >= 15 is 0 Å². The van der Waals surface area contributed by atoms with Gasteiger partial charge in [0.25, 0.3) is 0 Å². The van der Waals surface area contributed by atoms with Gasteiger partial charge in [-0.15, -0.1) is 0 Å². The Hall–Kier alpha value is -5.02. The fourth-order valence-corrected chi connectivity index (χ4v) is 15.9. The number of halogens is 2. The number of benzene rings is 7. The van der Waals surface area contributed by atoms with Gasteiger partial charge in [-0.3, -0.25) is 0 Å². The zero-order valence-electron chi connectivity index (χ0n) is 42.6. The third-order valence-corrected chi connectivity index (χ3v) is 19.0. The van der Waals surface area contributed by atoms with Gasteiger partial charge < -0.3 is 62.0 Å². The van der Waals surface area contributed by atoms with E-state index in [0.29, 0.717) is 0 Å². The molecule has 0 amide bonds. The number of aryl methyl sites for hydroxylation is 1. The first-order chi connectivity index (χ1) is 34.6. The van der Waals surface area contributed by atoms with Crippen LogP contribution in [0.5, 0.6) is 11.5 Å². The molecule has 2 aliphatic rings. The molecule has 0 unspecified atom stereocenters. The largest absolute Gasteiger partial charge is 1.00 e. The highest BCUT2D eigenvalue weighted by molar-refractivity contribution is 7.99. The molecule has 4 nitrogen and oxygen atoms in total. The van der Waals surface area contributed by atoms with Gasteiger partial charge in [-0.1, -0.05) is 144 Å². The lowest BCUT2D eigenvalue weighted by atomic mass is 10.0. The van der Waals surface area contributed by atoms with E-state index in [-0.39, 0.29) is 48.0 Å². The SMILES string of the molecule is CCCCOc1ccc2c3c(cccc13)C(C=CC1=C([P+](c3ccccc3)(c3ccccc3)c3ccccc3)C(=CC=c3c4cccc5c(OCCCC)ccc(c54)n3CCCC)CC1)=[N+]2CCCC.[I-].[I-]. The van der Waals surface area contributed by atoms with E-state index in [4.69, 9.17) is 9.47 Å². The second-order valence-electron chi connectivity index (χ2n) is 19.1. The summed E-state index contributed by atoms with van der Waals surface area (Å²) in [5, 5.41) is 13.2. The molecule has 1 aromatic heterocycles. The van der Waals surface area contributed by atoms with Gasteiger partial charge in [0.05, 0.1) is 24.2 Å². The Kier molecular flexibility index (Phi) is 18.4. The molecule has 0 N–H and O–H groups in total. The standard InChI is InChI=1S/C65H69N2O2P.2HI/c1-5-9-44-66-57(53-30-22-32-55-61(68-46-11-7-3)42-40-59(66)63(53)55)38-36-48-34-35-49(65(48)70(50-24-16-13-17-25-50,51-26-18-14-19-27-51)52-28-20-15-21-29-52)37-39-58-54-31-23-33-56-62(69-47-12-8-4)43-41-60(64(54)56)67(58)45-10-6-2;;/h13-33,36-43H,5-12,34-35,44-47H2,1-4H3;2*1H/q+2;;/p-2. The molecule has 0 radical (unpaired) electrons. The molecule has 10 rings (SSSR count). The lowest BCUT2D eigenvalue weighted by Gasteiger charge is -2.30. The Labute approximate surface area is 463 Å². The Morgan fingerprint density at radius 2 is 1.08 bits per heavy atom. The number of ether oxygens (including phenoxy) is 2. The summed E-state index contributed by atoms with van der Waals surface area (Å²) in [5.41, 5.74) is 7.96. The minimum absolute atomic E-state index is 0. The van der Waals surface area contributed by atoms with Gasteiger partial charge in [-0.05, 0) is 116 Å². The molecule has 2 heterocycles. The van der Waals surface area contributed by atoms with Gasteiger partial charge in [0.15, 0.2) is 0 Å². The van der Waals surface area contributed by atoms with Crippen LogP contribution in [0, 0.1) is 0 Å². The fourth-order valence-electron chi connectivity index (χ4n) is 11.1. The number of allylic oxidation sites excluding steroid dienone is 6. The van der Waals surface area contributed by atoms with Crippen LogP contribution in [0.3, 0.4) is 0 Å². The maximum absolute atomic E-state index is 6.45. The van der Waals surface area contributed by atoms with Gasteiger partial charge in [-0.2, -0.15) is 4.58 Å². The van der Waals surface area contributed by atoms with Crippen LogP contribution in [0.4, 0.5) is 5.69 Å². The summed E-state index contributed by atoms with van der Waals surface area (Å²) >= 11 is 0. The monoisotopic (exact) mass is 1190 g/mol. The van der Waals surface area contributed by atoms with Crippen molar-refractivity contribution in [3.8, 4) is 11.5 Å². The Morgan fingerprint density at radius 1 is 0.528 bits per heavy atom. The second-order valence-corrected chi connectivity index (χ2v) is 22.4. The van der Waals surface area contributed by atoms with Crippen LogP contribution in [0.1, 0.15) is 97.5 Å². The van der Waals surface area contributed by atoms with Crippen molar-refractivity contribution in [3.63, 3.8) is 0 Å². The van der Waals surface area contributed by atoms with Crippen LogP contribution in [-0.2, 0) is 6.54 Å². The average molecular weight is 1200 g/mol. The smallest absolute Gasteiger partial charge is 0.214 e. The Balaban J connectivity index is 0.00000347. The highest BCUT2D eigenvalue weighted by Crippen LogP contribution is 2.68. The van der Waals surface area contributed by atoms with Crippen molar-refractivity contribution >= 4 is 73.1 Å². The maximum atomic E-state index is 6.45. The molecule has 0 saturated heterocycles. The molecule has 1 aliphatic heterocycles. The molecule has 7 aromatic carbocycles. The summed E-state index contributed by atoms with van der Waals surface area (Å²) in [4.78, 5) is 0. The highest BCUT2D eigenvalue weighted by Gasteiger charge is 2.53. The third kappa shape index (κ3) is 10.1. The molecule has 0 fully saturated rings. The predicted molar refractivity (Wildman–Crippen MR) is 301 cm³/mol. The van der Waals surface area contributed by atoms with Crippen LogP contribution >= 0.6 is 7.26 Å². The zero-order valence-corrected chi connectivity index (χ0v) is 47.8. The van der Waals surface area contributed by atoms with Gasteiger partial charge in [-0.25, -0.2) is 0 Å². The molecule has 8 aromatic rings. The summed E-state index contributed by atoms with van der Waals surface area (Å²) < 4.78 is 18.1. The fraction of sp³-hybridized carbons (Fsp3) is 0.277. The lowest BCUT2D eigenvalue weighted by molar-refractivity contribution is -0.436. The highest BCUT2D eigenvalue weighted by atomic mass is 127. The van der Waals surface area contributed by atoms with E-state index in [1.165, 1.54) is 87.1 Å². The average Bonchev–Trinajstić information content (AvgIpc) is 4.06. The van der Waals surface area contributed by atoms with Crippen LogP contribution in [0.2, 0.25) is 0 Å². The third-order valence-electron chi connectivity index (χ3n) is 14.6. The van der Waals surface area contributed by atoms with E-state index in [9.17, 15) is 0 Å². The minimum atomic E-state index is -2.49. The van der Waals surface area contributed by atoms with E-state index in [1.807, 2.05) is 0 Å². The van der Waals surface area contributed by atoms with E-state index in [1.54, 1.807) is 0 Å². The minimum Gasteiger partial charge on any atom is -1.00 e. The van der Waals surface area contributed by atoms with Crippen molar-refractivity contribution in [1.29, 1.82) is 0 Å². The Morgan fingerprint density at radius 3 is 1.68 bits per heavy atom. The van der Waals surface area contributed by atoms with Crippen molar-refractivity contribution in [3.05, 3.63) is 197 Å².